The summed E-state index contributed by atoms with van der Waals surface area (Å²) in [7, 11) is 0. The van der Waals surface area contributed by atoms with Crippen molar-refractivity contribution in [2.75, 3.05) is 0 Å². The molecule has 0 aromatic rings. The number of rotatable bonds is 2. The molecule has 1 fully saturated rings. The summed E-state index contributed by atoms with van der Waals surface area (Å²) in [5, 5.41) is 8.83. The lowest BCUT2D eigenvalue weighted by Crippen LogP contribution is -2.39. The first kappa shape index (κ1) is 12.0. The number of halogens is 3. The fourth-order valence-corrected chi connectivity index (χ4v) is 1.86. The number of ketones is 1. The van der Waals surface area contributed by atoms with Crippen LogP contribution in [0.3, 0.4) is 0 Å². The van der Waals surface area contributed by atoms with Gasteiger partial charge in [0.15, 0.2) is 0 Å². The van der Waals surface area contributed by atoms with Crippen LogP contribution in [-0.4, -0.2) is 23.0 Å². The monoisotopic (exact) mass is 224 g/mol. The van der Waals surface area contributed by atoms with E-state index in [1.54, 1.807) is 0 Å². The van der Waals surface area contributed by atoms with Crippen molar-refractivity contribution >= 4 is 11.8 Å². The minimum Gasteiger partial charge on any atom is -0.481 e. The van der Waals surface area contributed by atoms with E-state index in [0.717, 1.165) is 0 Å². The summed E-state index contributed by atoms with van der Waals surface area (Å²) in [5.41, 5.74) is -1.79. The van der Waals surface area contributed by atoms with E-state index < -0.39 is 24.0 Å². The van der Waals surface area contributed by atoms with E-state index in [0.29, 0.717) is 0 Å². The third-order valence-electron chi connectivity index (χ3n) is 2.76. The number of carboxylic acid groups (broad SMARTS) is 1. The largest absolute Gasteiger partial charge is 0.481 e. The normalized spacial score (nSPS) is 21.4. The molecule has 0 amide bonds. The van der Waals surface area contributed by atoms with Crippen molar-refractivity contribution in [2.24, 2.45) is 5.41 Å². The topological polar surface area (TPSA) is 54.4 Å². The Morgan fingerprint density at radius 2 is 1.80 bits per heavy atom. The maximum Gasteiger partial charge on any atom is 0.390 e. The molecule has 1 rings (SSSR count). The molecule has 0 unspecified atom stereocenters. The molecule has 3 nitrogen and oxygen atoms in total. The van der Waals surface area contributed by atoms with Crippen LogP contribution in [0.2, 0.25) is 0 Å². The molecule has 0 saturated heterocycles. The minimum atomic E-state index is -4.50. The Hall–Kier alpha value is -1.07. The van der Waals surface area contributed by atoms with Crippen molar-refractivity contribution in [3.05, 3.63) is 0 Å². The Balaban J connectivity index is 2.81. The van der Waals surface area contributed by atoms with Crippen molar-refractivity contribution in [3.8, 4) is 0 Å². The Morgan fingerprint density at radius 3 is 2.13 bits per heavy atom. The zero-order chi connectivity index (χ0) is 11.7. The molecular formula is C9H11F3O3. The van der Waals surface area contributed by atoms with Gasteiger partial charge < -0.3 is 5.11 Å². The van der Waals surface area contributed by atoms with Crippen LogP contribution in [0.4, 0.5) is 13.2 Å². The summed E-state index contributed by atoms with van der Waals surface area (Å²) in [6.45, 7) is 0. The zero-order valence-electron chi connectivity index (χ0n) is 7.93. The summed E-state index contributed by atoms with van der Waals surface area (Å²) in [6.07, 6.45) is -6.40. The van der Waals surface area contributed by atoms with Crippen molar-refractivity contribution < 1.29 is 27.9 Å². The van der Waals surface area contributed by atoms with Crippen LogP contribution in [0.25, 0.3) is 0 Å². The Kier molecular flexibility index (Phi) is 3.06. The maximum atomic E-state index is 12.2. The molecule has 0 heterocycles. The van der Waals surface area contributed by atoms with E-state index in [9.17, 15) is 22.8 Å². The quantitative estimate of drug-likeness (QED) is 0.781. The van der Waals surface area contributed by atoms with Crippen molar-refractivity contribution in [1.29, 1.82) is 0 Å². The Bertz CT molecular complexity index is 273. The number of carbonyl (C=O) groups excluding carboxylic acids is 1. The van der Waals surface area contributed by atoms with Gasteiger partial charge in [-0.1, -0.05) is 0 Å². The lowest BCUT2D eigenvalue weighted by molar-refractivity contribution is -0.183. The van der Waals surface area contributed by atoms with Crippen LogP contribution in [0, 0.1) is 5.41 Å². The number of aliphatic carboxylic acids is 1. The Labute approximate surface area is 84.3 Å². The summed E-state index contributed by atoms with van der Waals surface area (Å²) < 4.78 is 36.6. The van der Waals surface area contributed by atoms with Gasteiger partial charge in [0.05, 0.1) is 11.8 Å². The van der Waals surface area contributed by atoms with Gasteiger partial charge in [-0.2, -0.15) is 13.2 Å². The molecule has 15 heavy (non-hydrogen) atoms. The van der Waals surface area contributed by atoms with Crippen molar-refractivity contribution in [2.45, 2.75) is 38.3 Å². The summed E-state index contributed by atoms with van der Waals surface area (Å²) in [4.78, 5) is 21.7. The fourth-order valence-electron chi connectivity index (χ4n) is 1.86. The molecule has 6 heteroatoms. The molecule has 0 atom stereocenters. The van der Waals surface area contributed by atoms with Crippen molar-refractivity contribution in [1.82, 2.24) is 0 Å². The molecule has 0 aromatic heterocycles. The van der Waals surface area contributed by atoms with Gasteiger partial charge in [-0.3, -0.25) is 9.59 Å². The number of alkyl halides is 3. The van der Waals surface area contributed by atoms with Gasteiger partial charge in [-0.25, -0.2) is 0 Å². The van der Waals surface area contributed by atoms with E-state index in [1.165, 1.54) is 0 Å². The first-order valence-corrected chi connectivity index (χ1v) is 4.57. The minimum absolute atomic E-state index is 0.0671. The second kappa shape index (κ2) is 3.83. The summed E-state index contributed by atoms with van der Waals surface area (Å²) in [5.74, 6) is -1.61. The van der Waals surface area contributed by atoms with Gasteiger partial charge in [0.1, 0.15) is 5.78 Å². The lowest BCUT2D eigenvalue weighted by atomic mass is 9.71. The number of hydrogen-bond acceptors (Lipinski definition) is 2. The first-order chi connectivity index (χ1) is 6.75. The molecule has 0 spiro atoms. The third-order valence-corrected chi connectivity index (χ3v) is 2.76. The standard InChI is InChI=1S/C9H11F3O3/c10-9(11,12)5-8(7(14)15)3-1-6(13)2-4-8/h1-5H2,(H,14,15). The van der Waals surface area contributed by atoms with Crippen LogP contribution < -0.4 is 0 Å². The molecule has 0 aromatic carbocycles. The highest BCUT2D eigenvalue weighted by Crippen LogP contribution is 2.43. The van der Waals surface area contributed by atoms with E-state index in [4.69, 9.17) is 5.11 Å². The van der Waals surface area contributed by atoms with E-state index in [-0.39, 0.29) is 31.5 Å². The predicted molar refractivity (Wildman–Crippen MR) is 44.2 cm³/mol. The average Bonchev–Trinajstić information content (AvgIpc) is 2.06. The molecule has 1 aliphatic rings. The van der Waals surface area contributed by atoms with Crippen LogP contribution in [0.5, 0.6) is 0 Å². The number of Topliss-reactive ketones (excluding diaryl/α,β-unsaturated/α-hetero) is 1. The van der Waals surface area contributed by atoms with Gasteiger partial charge in [0.25, 0.3) is 0 Å². The number of carboxylic acids is 1. The van der Waals surface area contributed by atoms with Gasteiger partial charge in [0.2, 0.25) is 0 Å². The van der Waals surface area contributed by atoms with E-state index >= 15 is 0 Å². The molecule has 1 aliphatic carbocycles. The van der Waals surface area contributed by atoms with Crippen LogP contribution in [0.15, 0.2) is 0 Å². The highest BCUT2D eigenvalue weighted by atomic mass is 19.4. The average molecular weight is 224 g/mol. The third kappa shape index (κ3) is 2.94. The molecular weight excluding hydrogens is 213 g/mol. The fraction of sp³-hybridized carbons (Fsp3) is 0.778. The summed E-state index contributed by atoms with van der Waals surface area (Å²) in [6, 6.07) is 0. The number of hydrogen-bond donors (Lipinski definition) is 1. The first-order valence-electron chi connectivity index (χ1n) is 4.57. The lowest BCUT2D eigenvalue weighted by Gasteiger charge is -2.33. The molecule has 1 saturated carbocycles. The van der Waals surface area contributed by atoms with Crippen LogP contribution >= 0.6 is 0 Å². The van der Waals surface area contributed by atoms with E-state index in [2.05, 4.69) is 0 Å². The molecule has 86 valence electrons. The predicted octanol–water partition coefficient (Wildman–Crippen LogP) is 2.15. The van der Waals surface area contributed by atoms with E-state index in [1.807, 2.05) is 0 Å². The zero-order valence-corrected chi connectivity index (χ0v) is 7.93. The van der Waals surface area contributed by atoms with Gasteiger partial charge in [-0.05, 0) is 12.8 Å². The summed E-state index contributed by atoms with van der Waals surface area (Å²) >= 11 is 0. The SMILES string of the molecule is O=C1CCC(CC(F)(F)F)(C(=O)O)CC1. The smallest absolute Gasteiger partial charge is 0.390 e. The molecule has 0 aliphatic heterocycles. The maximum absolute atomic E-state index is 12.2. The van der Waals surface area contributed by atoms with Crippen LogP contribution in [-0.2, 0) is 9.59 Å². The number of carbonyl (C=O) groups is 2. The Morgan fingerprint density at radius 1 is 1.33 bits per heavy atom. The second-order valence-electron chi connectivity index (χ2n) is 3.92. The van der Waals surface area contributed by atoms with Gasteiger partial charge in [0, 0.05) is 12.8 Å². The van der Waals surface area contributed by atoms with Crippen LogP contribution in [0.1, 0.15) is 32.1 Å². The highest BCUT2D eigenvalue weighted by Gasteiger charge is 2.49. The molecule has 0 radical (unpaired) electrons. The van der Waals surface area contributed by atoms with Gasteiger partial charge in [-0.15, -0.1) is 0 Å². The van der Waals surface area contributed by atoms with Crippen molar-refractivity contribution in [3.63, 3.8) is 0 Å². The molecule has 0 bridgehead atoms. The molecule has 1 N–H and O–H groups in total. The van der Waals surface area contributed by atoms with Gasteiger partial charge >= 0.3 is 12.1 Å². The highest BCUT2D eigenvalue weighted by molar-refractivity contribution is 5.83. The second-order valence-corrected chi connectivity index (χ2v) is 3.92.